The van der Waals surface area contributed by atoms with Gasteiger partial charge in [0.25, 0.3) is 0 Å². The van der Waals surface area contributed by atoms with E-state index < -0.39 is 0 Å². The molecule has 0 bridgehead atoms. The molecule has 1 heterocycles. The average Bonchev–Trinajstić information content (AvgIpc) is 2.55. The fraction of sp³-hybridized carbons (Fsp3) is 0.389. The molecule has 0 N–H and O–H groups in total. The van der Waals surface area contributed by atoms with Crippen molar-refractivity contribution in [3.8, 4) is 22.8 Å². The predicted octanol–water partition coefficient (Wildman–Crippen LogP) is 4.50. The van der Waals surface area contributed by atoms with Crippen molar-refractivity contribution in [2.45, 2.75) is 32.6 Å². The molecule has 2 aromatic rings. The van der Waals surface area contributed by atoms with Gasteiger partial charge in [-0.05, 0) is 42.7 Å². The fourth-order valence-corrected chi connectivity index (χ4v) is 2.45. The summed E-state index contributed by atoms with van der Waals surface area (Å²) in [4.78, 5) is 4.41. The van der Waals surface area contributed by atoms with Crippen LogP contribution in [0.3, 0.4) is 0 Å². The lowest BCUT2D eigenvalue weighted by atomic mass is 10.0. The Morgan fingerprint density at radius 2 is 1.71 bits per heavy atom. The SMILES string of the molecule is CCCCCc1cc(OC)c(-c2ccccn2)c(OC)c1. The van der Waals surface area contributed by atoms with Crippen molar-refractivity contribution in [3.63, 3.8) is 0 Å². The van der Waals surface area contributed by atoms with Crippen LogP contribution in [0.5, 0.6) is 11.5 Å². The van der Waals surface area contributed by atoms with E-state index in [-0.39, 0.29) is 0 Å². The van der Waals surface area contributed by atoms with Gasteiger partial charge in [0.2, 0.25) is 0 Å². The minimum atomic E-state index is 0.819. The zero-order chi connectivity index (χ0) is 15.1. The van der Waals surface area contributed by atoms with Gasteiger partial charge in [0, 0.05) is 6.20 Å². The Labute approximate surface area is 126 Å². The van der Waals surface area contributed by atoms with Crippen molar-refractivity contribution in [1.29, 1.82) is 0 Å². The lowest BCUT2D eigenvalue weighted by molar-refractivity contribution is 0.396. The van der Waals surface area contributed by atoms with Gasteiger partial charge >= 0.3 is 0 Å². The number of hydrogen-bond donors (Lipinski definition) is 0. The highest BCUT2D eigenvalue weighted by Crippen LogP contribution is 2.38. The maximum atomic E-state index is 5.57. The average molecular weight is 285 g/mol. The molecular formula is C18H23NO2. The van der Waals surface area contributed by atoms with Crippen molar-refractivity contribution in [2.24, 2.45) is 0 Å². The Bertz CT molecular complexity index is 542. The van der Waals surface area contributed by atoms with Gasteiger partial charge in [0.15, 0.2) is 0 Å². The number of ether oxygens (including phenoxy) is 2. The van der Waals surface area contributed by atoms with Crippen LogP contribution in [0.2, 0.25) is 0 Å². The molecule has 0 fully saturated rings. The summed E-state index contributed by atoms with van der Waals surface area (Å²) in [7, 11) is 3.38. The molecule has 0 aliphatic carbocycles. The van der Waals surface area contributed by atoms with Gasteiger partial charge in [0.1, 0.15) is 11.5 Å². The van der Waals surface area contributed by atoms with E-state index in [0.717, 1.165) is 29.2 Å². The molecule has 0 saturated carbocycles. The van der Waals surface area contributed by atoms with Crippen LogP contribution in [0.1, 0.15) is 31.7 Å². The van der Waals surface area contributed by atoms with E-state index in [0.29, 0.717) is 0 Å². The Morgan fingerprint density at radius 3 is 2.24 bits per heavy atom. The summed E-state index contributed by atoms with van der Waals surface area (Å²) in [5.41, 5.74) is 3.03. The van der Waals surface area contributed by atoms with Crippen molar-refractivity contribution in [3.05, 3.63) is 42.1 Å². The minimum Gasteiger partial charge on any atom is -0.496 e. The van der Waals surface area contributed by atoms with Crippen LogP contribution in [0.15, 0.2) is 36.5 Å². The molecular weight excluding hydrogens is 262 g/mol. The van der Waals surface area contributed by atoms with Gasteiger partial charge in [-0.15, -0.1) is 0 Å². The quantitative estimate of drug-likeness (QED) is 0.702. The molecule has 0 aliphatic heterocycles. The van der Waals surface area contributed by atoms with Crippen molar-refractivity contribution < 1.29 is 9.47 Å². The first-order valence-corrected chi connectivity index (χ1v) is 7.46. The number of nitrogens with zero attached hydrogens (tertiary/aromatic N) is 1. The van der Waals surface area contributed by atoms with Gasteiger partial charge in [-0.1, -0.05) is 25.8 Å². The highest BCUT2D eigenvalue weighted by atomic mass is 16.5. The van der Waals surface area contributed by atoms with Crippen LogP contribution in [-0.4, -0.2) is 19.2 Å². The maximum absolute atomic E-state index is 5.57. The van der Waals surface area contributed by atoms with Crippen LogP contribution >= 0.6 is 0 Å². The Hall–Kier alpha value is -2.03. The molecule has 3 heteroatoms. The van der Waals surface area contributed by atoms with Gasteiger partial charge in [0.05, 0.1) is 25.5 Å². The lowest BCUT2D eigenvalue weighted by Crippen LogP contribution is -1.97. The molecule has 1 aromatic heterocycles. The zero-order valence-electron chi connectivity index (χ0n) is 13.1. The first-order valence-electron chi connectivity index (χ1n) is 7.46. The second-order valence-electron chi connectivity index (χ2n) is 5.05. The van der Waals surface area contributed by atoms with E-state index >= 15 is 0 Å². The molecule has 0 amide bonds. The molecule has 0 atom stereocenters. The summed E-state index contributed by atoms with van der Waals surface area (Å²) in [5, 5.41) is 0. The number of unbranched alkanes of at least 4 members (excludes halogenated alkanes) is 2. The van der Waals surface area contributed by atoms with Gasteiger partial charge in [-0.25, -0.2) is 0 Å². The van der Waals surface area contributed by atoms with E-state index in [1.807, 2.05) is 18.2 Å². The predicted molar refractivity (Wildman–Crippen MR) is 86.0 cm³/mol. The minimum absolute atomic E-state index is 0.819. The summed E-state index contributed by atoms with van der Waals surface area (Å²) >= 11 is 0. The van der Waals surface area contributed by atoms with Crippen molar-refractivity contribution >= 4 is 0 Å². The van der Waals surface area contributed by atoms with Crippen molar-refractivity contribution in [2.75, 3.05) is 14.2 Å². The third-order valence-corrected chi connectivity index (χ3v) is 3.56. The van der Waals surface area contributed by atoms with Crippen LogP contribution < -0.4 is 9.47 Å². The summed E-state index contributed by atoms with van der Waals surface area (Å²) < 4.78 is 11.1. The summed E-state index contributed by atoms with van der Waals surface area (Å²) in [6.45, 7) is 2.21. The zero-order valence-corrected chi connectivity index (χ0v) is 13.1. The van der Waals surface area contributed by atoms with E-state index in [1.54, 1.807) is 20.4 Å². The van der Waals surface area contributed by atoms with Crippen LogP contribution in [-0.2, 0) is 6.42 Å². The van der Waals surface area contributed by atoms with Gasteiger partial charge in [-0.3, -0.25) is 4.98 Å². The largest absolute Gasteiger partial charge is 0.496 e. The Balaban J connectivity index is 2.40. The molecule has 2 rings (SSSR count). The third kappa shape index (κ3) is 3.75. The molecule has 0 spiro atoms. The first kappa shape index (κ1) is 15.4. The van der Waals surface area contributed by atoms with Crippen LogP contribution in [0.25, 0.3) is 11.3 Å². The van der Waals surface area contributed by atoms with Crippen LogP contribution in [0, 0.1) is 0 Å². The number of hydrogen-bond acceptors (Lipinski definition) is 3. The number of aryl methyl sites for hydroxylation is 1. The van der Waals surface area contributed by atoms with Crippen molar-refractivity contribution in [1.82, 2.24) is 4.98 Å². The second kappa shape index (κ2) is 7.67. The number of methoxy groups -OCH3 is 2. The molecule has 1 aromatic carbocycles. The molecule has 3 nitrogen and oxygen atoms in total. The molecule has 0 radical (unpaired) electrons. The molecule has 21 heavy (non-hydrogen) atoms. The monoisotopic (exact) mass is 285 g/mol. The van der Waals surface area contributed by atoms with E-state index in [2.05, 4.69) is 24.0 Å². The highest BCUT2D eigenvalue weighted by molar-refractivity contribution is 5.75. The number of aromatic nitrogens is 1. The Kier molecular flexibility index (Phi) is 5.61. The lowest BCUT2D eigenvalue weighted by Gasteiger charge is -2.15. The number of pyridine rings is 1. The first-order chi connectivity index (χ1) is 10.3. The van der Waals surface area contributed by atoms with Gasteiger partial charge < -0.3 is 9.47 Å². The third-order valence-electron chi connectivity index (χ3n) is 3.56. The molecule has 0 saturated heterocycles. The molecule has 0 aliphatic rings. The fourth-order valence-electron chi connectivity index (χ4n) is 2.45. The standard InChI is InChI=1S/C18H23NO2/c1-4-5-6-9-14-12-16(20-2)18(17(13-14)21-3)15-10-7-8-11-19-15/h7-8,10-13H,4-6,9H2,1-3H3. The molecule has 0 unspecified atom stereocenters. The topological polar surface area (TPSA) is 31.4 Å². The summed E-state index contributed by atoms with van der Waals surface area (Å²) in [6.07, 6.45) is 6.48. The van der Waals surface area contributed by atoms with E-state index in [1.165, 1.54) is 24.8 Å². The van der Waals surface area contributed by atoms with Gasteiger partial charge in [-0.2, -0.15) is 0 Å². The summed E-state index contributed by atoms with van der Waals surface area (Å²) in [6, 6.07) is 10.0. The Morgan fingerprint density at radius 1 is 1.00 bits per heavy atom. The number of rotatable bonds is 7. The highest BCUT2D eigenvalue weighted by Gasteiger charge is 2.15. The van der Waals surface area contributed by atoms with E-state index in [9.17, 15) is 0 Å². The summed E-state index contributed by atoms with van der Waals surface area (Å²) in [5.74, 6) is 1.64. The molecule has 112 valence electrons. The van der Waals surface area contributed by atoms with Crippen LogP contribution in [0.4, 0.5) is 0 Å². The van der Waals surface area contributed by atoms with E-state index in [4.69, 9.17) is 9.47 Å². The maximum Gasteiger partial charge on any atom is 0.132 e. The number of benzene rings is 1. The normalized spacial score (nSPS) is 10.4. The smallest absolute Gasteiger partial charge is 0.132 e. The second-order valence-corrected chi connectivity index (χ2v) is 5.05.